The van der Waals surface area contributed by atoms with E-state index in [-0.39, 0.29) is 0 Å². The highest BCUT2D eigenvalue weighted by molar-refractivity contribution is 6.04. The van der Waals surface area contributed by atoms with Crippen LogP contribution in [-0.4, -0.2) is 22.9 Å². The minimum Gasteiger partial charge on any atom is -0.478 e. The van der Waals surface area contributed by atoms with E-state index in [1.54, 1.807) is 0 Å². The largest absolute Gasteiger partial charge is 0.478 e. The molecule has 0 bridgehead atoms. The molecule has 0 radical (unpaired) electrons. The van der Waals surface area contributed by atoms with Gasteiger partial charge in [-0.05, 0) is 43.5 Å². The second kappa shape index (κ2) is 4.20. The molecule has 0 saturated heterocycles. The van der Waals surface area contributed by atoms with Gasteiger partial charge in [0.05, 0.1) is 5.71 Å². The standard InChI is InChI=1S/C13H15NO3/c1-7-4-9(3)10(5-8(7)2)11-6-12(13(15)16)17-14-11/h4-5,12H,6H2,1-3H3,(H,15,16). The Balaban J connectivity index is 2.31. The summed E-state index contributed by atoms with van der Waals surface area (Å²) in [5.74, 6) is -0.967. The molecule has 0 aromatic heterocycles. The van der Waals surface area contributed by atoms with E-state index < -0.39 is 12.1 Å². The Bertz CT molecular complexity index is 506. The van der Waals surface area contributed by atoms with E-state index in [1.165, 1.54) is 11.1 Å². The number of nitrogens with zero attached hydrogens (tertiary/aromatic N) is 1. The van der Waals surface area contributed by atoms with Gasteiger partial charge >= 0.3 is 5.97 Å². The smallest absolute Gasteiger partial charge is 0.348 e. The van der Waals surface area contributed by atoms with Crippen molar-refractivity contribution in [1.29, 1.82) is 0 Å². The minimum absolute atomic E-state index is 0.332. The lowest BCUT2D eigenvalue weighted by atomic mass is 9.95. The van der Waals surface area contributed by atoms with Crippen LogP contribution in [0.3, 0.4) is 0 Å². The van der Waals surface area contributed by atoms with Crippen molar-refractivity contribution in [3.8, 4) is 0 Å². The summed E-state index contributed by atoms with van der Waals surface area (Å²) in [6.07, 6.45) is -0.510. The molecule has 1 aromatic carbocycles. The second-order valence-electron chi connectivity index (χ2n) is 4.43. The molecular formula is C13H15NO3. The number of oxime groups is 1. The molecule has 4 nitrogen and oxygen atoms in total. The van der Waals surface area contributed by atoms with Gasteiger partial charge in [0.1, 0.15) is 0 Å². The molecule has 1 N–H and O–H groups in total. The Hall–Kier alpha value is -1.84. The van der Waals surface area contributed by atoms with Gasteiger partial charge in [0.25, 0.3) is 0 Å². The van der Waals surface area contributed by atoms with Crippen molar-refractivity contribution in [3.05, 3.63) is 34.4 Å². The summed E-state index contributed by atoms with van der Waals surface area (Å²) in [6, 6.07) is 4.12. The van der Waals surface area contributed by atoms with Gasteiger partial charge in [-0.25, -0.2) is 4.79 Å². The average Bonchev–Trinajstić information content (AvgIpc) is 2.72. The van der Waals surface area contributed by atoms with Gasteiger partial charge in [-0.2, -0.15) is 0 Å². The van der Waals surface area contributed by atoms with E-state index in [2.05, 4.69) is 18.1 Å². The first-order chi connectivity index (χ1) is 7.99. The Morgan fingerprint density at radius 1 is 1.29 bits per heavy atom. The zero-order chi connectivity index (χ0) is 12.6. The lowest BCUT2D eigenvalue weighted by molar-refractivity contribution is -0.148. The van der Waals surface area contributed by atoms with Gasteiger partial charge in [-0.3, -0.25) is 0 Å². The number of benzene rings is 1. The maximum atomic E-state index is 10.8. The Morgan fingerprint density at radius 2 is 1.94 bits per heavy atom. The van der Waals surface area contributed by atoms with Crippen LogP contribution in [0.1, 0.15) is 28.7 Å². The maximum Gasteiger partial charge on any atom is 0.348 e. The van der Waals surface area contributed by atoms with Crippen LogP contribution >= 0.6 is 0 Å². The summed E-state index contributed by atoms with van der Waals surface area (Å²) in [7, 11) is 0. The van der Waals surface area contributed by atoms with Gasteiger partial charge in [-0.1, -0.05) is 11.2 Å². The number of aryl methyl sites for hydroxylation is 3. The number of hydrogen-bond donors (Lipinski definition) is 1. The van der Waals surface area contributed by atoms with Crippen LogP contribution in [0.4, 0.5) is 0 Å². The van der Waals surface area contributed by atoms with Crippen LogP contribution in [-0.2, 0) is 9.63 Å². The van der Waals surface area contributed by atoms with Crippen molar-refractivity contribution >= 4 is 11.7 Å². The zero-order valence-corrected chi connectivity index (χ0v) is 10.2. The van der Waals surface area contributed by atoms with Crippen molar-refractivity contribution in [2.24, 2.45) is 5.16 Å². The Kier molecular flexibility index (Phi) is 2.88. The summed E-state index contributed by atoms with van der Waals surface area (Å²) >= 11 is 0. The van der Waals surface area contributed by atoms with Gasteiger partial charge in [0.15, 0.2) is 0 Å². The zero-order valence-electron chi connectivity index (χ0n) is 10.2. The van der Waals surface area contributed by atoms with E-state index in [4.69, 9.17) is 9.94 Å². The molecule has 0 aliphatic carbocycles. The van der Waals surface area contributed by atoms with Gasteiger partial charge in [0.2, 0.25) is 6.10 Å². The van der Waals surface area contributed by atoms with Crippen LogP contribution in [0.15, 0.2) is 17.3 Å². The first-order valence-electron chi connectivity index (χ1n) is 5.52. The topological polar surface area (TPSA) is 58.9 Å². The number of hydrogen-bond acceptors (Lipinski definition) is 3. The SMILES string of the molecule is Cc1cc(C)c(C2=NOC(C(=O)O)C2)cc1C. The molecular weight excluding hydrogens is 218 g/mol. The Labute approximate surface area is 99.9 Å². The minimum atomic E-state index is -0.967. The average molecular weight is 233 g/mol. The third kappa shape index (κ3) is 2.16. The first-order valence-corrected chi connectivity index (χ1v) is 5.52. The van der Waals surface area contributed by atoms with Crippen LogP contribution in [0, 0.1) is 20.8 Å². The van der Waals surface area contributed by atoms with E-state index in [9.17, 15) is 4.79 Å². The fraction of sp³-hybridized carbons (Fsp3) is 0.385. The van der Waals surface area contributed by atoms with E-state index in [1.807, 2.05) is 19.9 Å². The van der Waals surface area contributed by atoms with Crippen LogP contribution in [0.2, 0.25) is 0 Å². The third-order valence-corrected chi connectivity index (χ3v) is 3.10. The molecule has 1 unspecified atom stereocenters. The van der Waals surface area contributed by atoms with Crippen molar-refractivity contribution in [2.75, 3.05) is 0 Å². The molecule has 0 spiro atoms. The highest BCUT2D eigenvalue weighted by atomic mass is 16.7. The predicted molar refractivity (Wildman–Crippen MR) is 64.3 cm³/mol. The van der Waals surface area contributed by atoms with E-state index >= 15 is 0 Å². The summed E-state index contributed by atoms with van der Waals surface area (Å²) in [6.45, 7) is 6.08. The van der Waals surface area contributed by atoms with E-state index in [0.717, 1.165) is 16.8 Å². The van der Waals surface area contributed by atoms with Gasteiger partial charge < -0.3 is 9.94 Å². The van der Waals surface area contributed by atoms with Crippen LogP contribution in [0.25, 0.3) is 0 Å². The lowest BCUT2D eigenvalue weighted by Gasteiger charge is -2.08. The molecule has 2 rings (SSSR count). The number of carbonyl (C=O) groups is 1. The molecule has 4 heteroatoms. The molecule has 0 fully saturated rings. The maximum absolute atomic E-state index is 10.8. The summed E-state index contributed by atoms with van der Waals surface area (Å²) in [5.41, 5.74) is 5.20. The lowest BCUT2D eigenvalue weighted by Crippen LogP contribution is -2.20. The molecule has 17 heavy (non-hydrogen) atoms. The fourth-order valence-corrected chi connectivity index (χ4v) is 1.94. The third-order valence-electron chi connectivity index (χ3n) is 3.10. The molecule has 1 heterocycles. The normalized spacial score (nSPS) is 18.8. The molecule has 1 aliphatic heterocycles. The van der Waals surface area contributed by atoms with Gasteiger partial charge in [0, 0.05) is 12.0 Å². The van der Waals surface area contributed by atoms with Crippen LogP contribution < -0.4 is 0 Å². The summed E-state index contributed by atoms with van der Waals surface area (Å²) < 4.78 is 0. The molecule has 1 aromatic rings. The quantitative estimate of drug-likeness (QED) is 0.851. The number of carboxylic acids is 1. The van der Waals surface area contributed by atoms with E-state index in [0.29, 0.717) is 6.42 Å². The highest BCUT2D eigenvalue weighted by Crippen LogP contribution is 2.22. The Morgan fingerprint density at radius 3 is 2.53 bits per heavy atom. The van der Waals surface area contributed by atoms with Crippen LogP contribution in [0.5, 0.6) is 0 Å². The second-order valence-corrected chi connectivity index (χ2v) is 4.43. The van der Waals surface area contributed by atoms with Crippen molar-refractivity contribution in [2.45, 2.75) is 33.3 Å². The van der Waals surface area contributed by atoms with Crippen molar-refractivity contribution in [3.63, 3.8) is 0 Å². The predicted octanol–water partition coefficient (Wildman–Crippen LogP) is 2.19. The van der Waals surface area contributed by atoms with Gasteiger partial charge in [-0.15, -0.1) is 0 Å². The summed E-state index contributed by atoms with van der Waals surface area (Å²) in [4.78, 5) is 15.7. The molecule has 1 atom stereocenters. The summed E-state index contributed by atoms with van der Waals surface area (Å²) in [5, 5.41) is 12.7. The van der Waals surface area contributed by atoms with Crippen molar-refractivity contribution in [1.82, 2.24) is 0 Å². The number of rotatable bonds is 2. The fourth-order valence-electron chi connectivity index (χ4n) is 1.94. The molecule has 90 valence electrons. The molecule has 1 aliphatic rings. The highest BCUT2D eigenvalue weighted by Gasteiger charge is 2.29. The molecule has 0 saturated carbocycles. The monoisotopic (exact) mass is 233 g/mol. The first kappa shape index (κ1) is 11.6. The number of carboxylic acid groups (broad SMARTS) is 1. The van der Waals surface area contributed by atoms with Crippen molar-refractivity contribution < 1.29 is 14.7 Å². The molecule has 0 amide bonds. The number of aliphatic carboxylic acids is 1.